The fourth-order valence-corrected chi connectivity index (χ4v) is 3.64. The van der Waals surface area contributed by atoms with E-state index in [1.54, 1.807) is 0 Å². The maximum absolute atomic E-state index is 12.5. The summed E-state index contributed by atoms with van der Waals surface area (Å²) in [5.74, 6) is 0.139. The average Bonchev–Trinajstić information content (AvgIpc) is 2.76. The van der Waals surface area contributed by atoms with Crippen molar-refractivity contribution in [3.05, 3.63) is 15.6 Å². The van der Waals surface area contributed by atoms with Crippen molar-refractivity contribution in [1.29, 1.82) is 0 Å². The summed E-state index contributed by atoms with van der Waals surface area (Å²) in [6.45, 7) is 5.86. The van der Waals surface area contributed by atoms with E-state index in [1.165, 1.54) is 11.3 Å². The number of thiazole rings is 1. The molecule has 4 nitrogen and oxygen atoms in total. The third kappa shape index (κ3) is 1.77. The van der Waals surface area contributed by atoms with Crippen LogP contribution >= 0.6 is 11.3 Å². The summed E-state index contributed by atoms with van der Waals surface area (Å²) in [4.78, 5) is 20.1. The van der Waals surface area contributed by atoms with Crippen LogP contribution < -0.4 is 5.32 Å². The number of aryl methyl sites for hydroxylation is 2. The van der Waals surface area contributed by atoms with E-state index in [9.17, 15) is 4.79 Å². The fraction of sp³-hybridized carbons (Fsp3) is 0.667. The number of hydrogen-bond donors (Lipinski definition) is 1. The number of piperazine rings is 1. The van der Waals surface area contributed by atoms with Crippen LogP contribution in [0.5, 0.6) is 0 Å². The minimum absolute atomic E-state index is 0.139. The predicted molar refractivity (Wildman–Crippen MR) is 67.4 cm³/mol. The Balaban J connectivity index is 1.87. The average molecular weight is 251 g/mol. The maximum Gasteiger partial charge on any atom is 0.283 e. The van der Waals surface area contributed by atoms with Gasteiger partial charge in [-0.05, 0) is 26.7 Å². The molecule has 2 aliphatic rings. The Morgan fingerprint density at radius 1 is 1.35 bits per heavy atom. The first-order valence-corrected chi connectivity index (χ1v) is 6.96. The van der Waals surface area contributed by atoms with Gasteiger partial charge < -0.3 is 10.2 Å². The van der Waals surface area contributed by atoms with Crippen molar-refractivity contribution in [3.63, 3.8) is 0 Å². The molecular formula is C12H17N3OS. The van der Waals surface area contributed by atoms with Gasteiger partial charge in [0.05, 0.1) is 5.69 Å². The Labute approximate surface area is 105 Å². The summed E-state index contributed by atoms with van der Waals surface area (Å²) in [7, 11) is 0. The van der Waals surface area contributed by atoms with E-state index in [-0.39, 0.29) is 5.91 Å². The van der Waals surface area contributed by atoms with Gasteiger partial charge in [0, 0.05) is 30.1 Å². The molecule has 3 rings (SSSR count). The second-order valence-corrected chi connectivity index (χ2v) is 6.12. The summed E-state index contributed by atoms with van der Waals surface area (Å²) < 4.78 is 0. The SMILES string of the molecule is Cc1nc(C(=O)N2C3CCC2CNC3)sc1C. The van der Waals surface area contributed by atoms with E-state index in [0.29, 0.717) is 17.1 Å². The Morgan fingerprint density at radius 3 is 2.53 bits per heavy atom. The number of rotatable bonds is 1. The van der Waals surface area contributed by atoms with Crippen molar-refractivity contribution in [2.75, 3.05) is 13.1 Å². The van der Waals surface area contributed by atoms with E-state index in [0.717, 1.165) is 36.5 Å². The first kappa shape index (κ1) is 11.2. The monoisotopic (exact) mass is 251 g/mol. The highest BCUT2D eigenvalue weighted by Crippen LogP contribution is 2.29. The molecule has 92 valence electrons. The first-order valence-electron chi connectivity index (χ1n) is 6.14. The zero-order valence-electron chi connectivity index (χ0n) is 10.2. The van der Waals surface area contributed by atoms with Gasteiger partial charge in [-0.15, -0.1) is 11.3 Å². The number of aromatic nitrogens is 1. The largest absolute Gasteiger partial charge is 0.328 e. The lowest BCUT2D eigenvalue weighted by Crippen LogP contribution is -2.54. The van der Waals surface area contributed by atoms with Crippen molar-refractivity contribution in [2.45, 2.75) is 38.8 Å². The van der Waals surface area contributed by atoms with E-state index in [2.05, 4.69) is 15.2 Å². The van der Waals surface area contributed by atoms with Gasteiger partial charge in [-0.3, -0.25) is 4.79 Å². The molecule has 0 aliphatic carbocycles. The fourth-order valence-electron chi connectivity index (χ4n) is 2.78. The van der Waals surface area contributed by atoms with Gasteiger partial charge in [0.2, 0.25) is 0 Å². The molecule has 3 heterocycles. The Hall–Kier alpha value is -0.940. The van der Waals surface area contributed by atoms with E-state index in [4.69, 9.17) is 0 Å². The second kappa shape index (κ2) is 4.07. The van der Waals surface area contributed by atoms with Gasteiger partial charge >= 0.3 is 0 Å². The molecule has 2 unspecified atom stereocenters. The van der Waals surface area contributed by atoms with Crippen molar-refractivity contribution >= 4 is 17.2 Å². The molecule has 1 aromatic heterocycles. The van der Waals surface area contributed by atoms with Crippen LogP contribution in [0.15, 0.2) is 0 Å². The number of nitrogens with one attached hydrogen (secondary N) is 1. The number of carbonyl (C=O) groups is 1. The van der Waals surface area contributed by atoms with Gasteiger partial charge in [0.15, 0.2) is 5.01 Å². The molecule has 2 fully saturated rings. The molecule has 5 heteroatoms. The van der Waals surface area contributed by atoms with Crippen LogP contribution in [-0.4, -0.2) is 41.0 Å². The Morgan fingerprint density at radius 2 is 2.00 bits per heavy atom. The zero-order chi connectivity index (χ0) is 12.0. The van der Waals surface area contributed by atoms with Gasteiger partial charge in [-0.1, -0.05) is 0 Å². The van der Waals surface area contributed by atoms with Crippen LogP contribution in [0.25, 0.3) is 0 Å². The summed E-state index contributed by atoms with van der Waals surface area (Å²) in [5, 5.41) is 4.05. The van der Waals surface area contributed by atoms with Crippen LogP contribution in [0.1, 0.15) is 33.2 Å². The smallest absolute Gasteiger partial charge is 0.283 e. The highest BCUT2D eigenvalue weighted by molar-refractivity contribution is 7.13. The third-order valence-corrected chi connectivity index (χ3v) is 4.89. The molecule has 1 aromatic rings. The number of carbonyl (C=O) groups excluding carboxylic acids is 1. The predicted octanol–water partition coefficient (Wildman–Crippen LogP) is 1.34. The molecule has 2 aliphatic heterocycles. The van der Waals surface area contributed by atoms with Crippen LogP contribution in [0, 0.1) is 13.8 Å². The molecule has 0 spiro atoms. The lowest BCUT2D eigenvalue weighted by atomic mass is 10.2. The van der Waals surface area contributed by atoms with E-state index in [1.807, 2.05) is 13.8 Å². The van der Waals surface area contributed by atoms with Crippen LogP contribution in [0.4, 0.5) is 0 Å². The lowest BCUT2D eigenvalue weighted by molar-refractivity contribution is 0.0619. The summed E-state index contributed by atoms with van der Waals surface area (Å²) >= 11 is 1.53. The molecule has 1 N–H and O–H groups in total. The molecule has 2 bridgehead atoms. The number of amides is 1. The molecule has 2 atom stereocenters. The minimum Gasteiger partial charge on any atom is -0.328 e. The molecule has 2 saturated heterocycles. The highest BCUT2D eigenvalue weighted by Gasteiger charge is 2.40. The summed E-state index contributed by atoms with van der Waals surface area (Å²) in [6, 6.07) is 0.761. The van der Waals surface area contributed by atoms with Crippen molar-refractivity contribution < 1.29 is 4.79 Å². The van der Waals surface area contributed by atoms with Crippen molar-refractivity contribution in [3.8, 4) is 0 Å². The topological polar surface area (TPSA) is 45.2 Å². The third-order valence-electron chi connectivity index (χ3n) is 3.83. The summed E-state index contributed by atoms with van der Waals surface area (Å²) in [5.41, 5.74) is 0.987. The molecule has 0 radical (unpaired) electrons. The second-order valence-electron chi connectivity index (χ2n) is 4.92. The minimum atomic E-state index is 0.139. The van der Waals surface area contributed by atoms with Gasteiger partial charge in [0.25, 0.3) is 5.91 Å². The molecular weight excluding hydrogens is 234 g/mol. The Kier molecular flexibility index (Phi) is 2.67. The van der Waals surface area contributed by atoms with Crippen LogP contribution in [0.2, 0.25) is 0 Å². The number of hydrogen-bond acceptors (Lipinski definition) is 4. The molecule has 0 saturated carbocycles. The lowest BCUT2D eigenvalue weighted by Gasteiger charge is -2.34. The van der Waals surface area contributed by atoms with Gasteiger partial charge in [0.1, 0.15) is 0 Å². The standard InChI is InChI=1S/C12H17N3OS/c1-7-8(2)17-11(14-7)12(16)15-9-3-4-10(15)6-13-5-9/h9-10,13H,3-6H2,1-2H3. The zero-order valence-corrected chi connectivity index (χ0v) is 11.0. The van der Waals surface area contributed by atoms with Crippen molar-refractivity contribution in [1.82, 2.24) is 15.2 Å². The molecule has 17 heavy (non-hydrogen) atoms. The van der Waals surface area contributed by atoms with Gasteiger partial charge in [-0.2, -0.15) is 0 Å². The normalized spacial score (nSPS) is 27.5. The Bertz CT molecular complexity index is 421. The quantitative estimate of drug-likeness (QED) is 0.819. The molecule has 0 aromatic carbocycles. The van der Waals surface area contributed by atoms with Crippen LogP contribution in [-0.2, 0) is 0 Å². The van der Waals surface area contributed by atoms with Crippen LogP contribution in [0.3, 0.4) is 0 Å². The molecule has 1 amide bonds. The first-order chi connectivity index (χ1) is 8.16. The maximum atomic E-state index is 12.5. The summed E-state index contributed by atoms with van der Waals surface area (Å²) in [6.07, 6.45) is 2.26. The van der Waals surface area contributed by atoms with Crippen molar-refractivity contribution in [2.24, 2.45) is 0 Å². The highest BCUT2D eigenvalue weighted by atomic mass is 32.1. The van der Waals surface area contributed by atoms with E-state index >= 15 is 0 Å². The van der Waals surface area contributed by atoms with Gasteiger partial charge in [-0.25, -0.2) is 4.98 Å². The number of fused-ring (bicyclic) bond motifs is 2. The van der Waals surface area contributed by atoms with E-state index < -0.39 is 0 Å². The number of nitrogens with zero attached hydrogens (tertiary/aromatic N) is 2.